The number of halogens is 1. The number of benzene rings is 2. The van der Waals surface area contributed by atoms with E-state index in [0.717, 1.165) is 21.0 Å². The van der Waals surface area contributed by atoms with Crippen LogP contribution in [0.1, 0.15) is 21.1 Å². The number of hydrogen-bond acceptors (Lipinski definition) is 4. The molecule has 2 N–H and O–H groups in total. The van der Waals surface area contributed by atoms with Gasteiger partial charge in [0.2, 0.25) is 0 Å². The highest BCUT2D eigenvalue weighted by Crippen LogP contribution is 2.31. The Morgan fingerprint density at radius 1 is 1.15 bits per heavy atom. The normalized spacial score (nSPS) is 10.7. The fourth-order valence-corrected chi connectivity index (χ4v) is 3.65. The molecule has 0 fully saturated rings. The summed E-state index contributed by atoms with van der Waals surface area (Å²) in [6.45, 7) is 3.13. The molecule has 26 heavy (non-hydrogen) atoms. The van der Waals surface area contributed by atoms with Crippen molar-refractivity contribution < 1.29 is 9.18 Å². The maximum absolute atomic E-state index is 13.2. The second-order valence-electron chi connectivity index (χ2n) is 5.92. The van der Waals surface area contributed by atoms with E-state index in [9.17, 15) is 9.18 Å². The second-order valence-corrected chi connectivity index (χ2v) is 7.12. The Hall–Kier alpha value is -2.57. The standard InChI is InChI=1S/C20H20FN3OS/c1-14-23-18(19(26-14)16-7-9-17(21)10-8-16)20(25)24(12-11-22)13-15-5-3-2-4-6-15/h2-10H,11-13,22H2,1H3. The molecular formula is C20H20FN3OS. The lowest BCUT2D eigenvalue weighted by Crippen LogP contribution is -2.35. The molecule has 3 aromatic rings. The van der Waals surface area contributed by atoms with E-state index < -0.39 is 0 Å². The van der Waals surface area contributed by atoms with Crippen LogP contribution in [0, 0.1) is 12.7 Å². The molecule has 0 unspecified atom stereocenters. The number of hydrogen-bond donors (Lipinski definition) is 1. The molecule has 0 bridgehead atoms. The van der Waals surface area contributed by atoms with Crippen LogP contribution >= 0.6 is 11.3 Å². The summed E-state index contributed by atoms with van der Waals surface area (Å²) in [4.78, 5) is 20.1. The summed E-state index contributed by atoms with van der Waals surface area (Å²) in [6, 6.07) is 15.9. The predicted octanol–water partition coefficient (Wildman–Crippen LogP) is 3.86. The monoisotopic (exact) mass is 369 g/mol. The van der Waals surface area contributed by atoms with Gasteiger partial charge in [0, 0.05) is 19.6 Å². The van der Waals surface area contributed by atoms with Gasteiger partial charge in [0.15, 0.2) is 0 Å². The van der Waals surface area contributed by atoms with Crippen molar-refractivity contribution in [1.82, 2.24) is 9.88 Å². The molecule has 134 valence electrons. The highest BCUT2D eigenvalue weighted by Gasteiger charge is 2.23. The van der Waals surface area contributed by atoms with Crippen molar-refractivity contribution in [2.75, 3.05) is 13.1 Å². The number of amides is 1. The minimum absolute atomic E-state index is 0.164. The Morgan fingerprint density at radius 3 is 2.50 bits per heavy atom. The lowest BCUT2D eigenvalue weighted by molar-refractivity contribution is 0.0743. The molecule has 1 heterocycles. The second kappa shape index (κ2) is 8.21. The Balaban J connectivity index is 1.93. The quantitative estimate of drug-likeness (QED) is 0.718. The summed E-state index contributed by atoms with van der Waals surface area (Å²) in [5.41, 5.74) is 7.93. The smallest absolute Gasteiger partial charge is 0.274 e. The van der Waals surface area contributed by atoms with Crippen molar-refractivity contribution in [3.63, 3.8) is 0 Å². The fraction of sp³-hybridized carbons (Fsp3) is 0.200. The van der Waals surface area contributed by atoms with E-state index in [1.807, 2.05) is 37.3 Å². The van der Waals surface area contributed by atoms with Gasteiger partial charge in [-0.15, -0.1) is 11.3 Å². The molecule has 0 aliphatic carbocycles. The van der Waals surface area contributed by atoms with Crippen LogP contribution in [0.4, 0.5) is 4.39 Å². The summed E-state index contributed by atoms with van der Waals surface area (Å²) in [6.07, 6.45) is 0. The van der Waals surface area contributed by atoms with Gasteiger partial charge < -0.3 is 10.6 Å². The van der Waals surface area contributed by atoms with Crippen molar-refractivity contribution in [3.05, 3.63) is 76.7 Å². The Kier molecular flexibility index (Phi) is 5.75. The van der Waals surface area contributed by atoms with Crippen LogP contribution in [0.3, 0.4) is 0 Å². The average molecular weight is 369 g/mol. The lowest BCUT2D eigenvalue weighted by Gasteiger charge is -2.22. The van der Waals surface area contributed by atoms with Gasteiger partial charge in [-0.05, 0) is 30.2 Å². The summed E-state index contributed by atoms with van der Waals surface area (Å²) in [5.74, 6) is -0.473. The molecule has 4 nitrogen and oxygen atoms in total. The van der Waals surface area contributed by atoms with Gasteiger partial charge in [-0.1, -0.05) is 42.5 Å². The Labute approximate surface area is 156 Å². The van der Waals surface area contributed by atoms with Crippen molar-refractivity contribution >= 4 is 17.2 Å². The zero-order valence-corrected chi connectivity index (χ0v) is 15.3. The minimum atomic E-state index is -0.309. The zero-order chi connectivity index (χ0) is 18.5. The molecule has 0 saturated heterocycles. The predicted molar refractivity (Wildman–Crippen MR) is 102 cm³/mol. The molecule has 0 atom stereocenters. The molecule has 2 aromatic carbocycles. The maximum atomic E-state index is 13.2. The van der Waals surface area contributed by atoms with Crippen molar-refractivity contribution in [3.8, 4) is 10.4 Å². The van der Waals surface area contributed by atoms with Crippen LogP contribution in [0.15, 0.2) is 54.6 Å². The van der Waals surface area contributed by atoms with Crippen LogP contribution in [-0.2, 0) is 6.54 Å². The summed E-state index contributed by atoms with van der Waals surface area (Å²) in [5, 5.41) is 0.792. The minimum Gasteiger partial charge on any atom is -0.332 e. The summed E-state index contributed by atoms with van der Waals surface area (Å²) < 4.78 is 13.2. The molecule has 1 amide bonds. The lowest BCUT2D eigenvalue weighted by atomic mass is 10.1. The van der Waals surface area contributed by atoms with E-state index in [1.165, 1.54) is 23.5 Å². The number of thiazole rings is 1. The SMILES string of the molecule is Cc1nc(C(=O)N(CCN)Cc2ccccc2)c(-c2ccc(F)cc2)s1. The van der Waals surface area contributed by atoms with E-state index in [4.69, 9.17) is 5.73 Å². The first-order valence-corrected chi connectivity index (χ1v) is 9.16. The van der Waals surface area contributed by atoms with Crippen LogP contribution in [0.25, 0.3) is 10.4 Å². The van der Waals surface area contributed by atoms with E-state index >= 15 is 0 Å². The van der Waals surface area contributed by atoms with Gasteiger partial charge in [-0.3, -0.25) is 4.79 Å². The van der Waals surface area contributed by atoms with Crippen LogP contribution < -0.4 is 5.73 Å². The number of aryl methyl sites for hydroxylation is 1. The Bertz CT molecular complexity index is 878. The molecular weight excluding hydrogens is 349 g/mol. The van der Waals surface area contributed by atoms with Crippen LogP contribution in [0.2, 0.25) is 0 Å². The summed E-state index contributed by atoms with van der Waals surface area (Å²) in [7, 11) is 0. The number of nitrogens with two attached hydrogens (primary N) is 1. The molecule has 6 heteroatoms. The number of carbonyl (C=O) groups is 1. The number of rotatable bonds is 6. The average Bonchev–Trinajstić information content (AvgIpc) is 3.04. The third-order valence-corrected chi connectivity index (χ3v) is 4.97. The van der Waals surface area contributed by atoms with Gasteiger partial charge in [0.05, 0.1) is 9.88 Å². The third kappa shape index (κ3) is 4.15. The van der Waals surface area contributed by atoms with E-state index in [1.54, 1.807) is 17.0 Å². The highest BCUT2D eigenvalue weighted by atomic mass is 32.1. The number of nitrogens with zero attached hydrogens (tertiary/aromatic N) is 2. The Morgan fingerprint density at radius 2 is 1.85 bits per heavy atom. The van der Waals surface area contributed by atoms with Crippen LogP contribution in [0.5, 0.6) is 0 Å². The van der Waals surface area contributed by atoms with Gasteiger partial charge in [0.25, 0.3) is 5.91 Å². The van der Waals surface area contributed by atoms with Crippen molar-refractivity contribution in [2.45, 2.75) is 13.5 Å². The van der Waals surface area contributed by atoms with Crippen LogP contribution in [-0.4, -0.2) is 28.9 Å². The molecule has 0 saturated carbocycles. The van der Waals surface area contributed by atoms with Crippen molar-refractivity contribution in [1.29, 1.82) is 0 Å². The first-order chi connectivity index (χ1) is 12.6. The maximum Gasteiger partial charge on any atom is 0.274 e. The van der Waals surface area contributed by atoms with Gasteiger partial charge >= 0.3 is 0 Å². The molecule has 0 aliphatic rings. The third-order valence-electron chi connectivity index (χ3n) is 3.95. The number of aromatic nitrogens is 1. The van der Waals surface area contributed by atoms with Gasteiger partial charge in [-0.25, -0.2) is 9.37 Å². The highest BCUT2D eigenvalue weighted by molar-refractivity contribution is 7.15. The van der Waals surface area contributed by atoms with E-state index in [-0.39, 0.29) is 11.7 Å². The van der Waals surface area contributed by atoms with Gasteiger partial charge in [-0.2, -0.15) is 0 Å². The first kappa shape index (κ1) is 18.2. The molecule has 0 aliphatic heterocycles. The van der Waals surface area contributed by atoms with Gasteiger partial charge in [0.1, 0.15) is 11.5 Å². The first-order valence-electron chi connectivity index (χ1n) is 8.35. The molecule has 1 aromatic heterocycles. The van der Waals surface area contributed by atoms with E-state index in [0.29, 0.717) is 25.3 Å². The van der Waals surface area contributed by atoms with Crippen molar-refractivity contribution in [2.24, 2.45) is 5.73 Å². The topological polar surface area (TPSA) is 59.2 Å². The summed E-state index contributed by atoms with van der Waals surface area (Å²) >= 11 is 1.43. The largest absolute Gasteiger partial charge is 0.332 e. The van der Waals surface area contributed by atoms with E-state index in [2.05, 4.69) is 4.98 Å². The fourth-order valence-electron chi connectivity index (χ4n) is 2.73. The molecule has 3 rings (SSSR count). The molecule has 0 radical (unpaired) electrons. The zero-order valence-electron chi connectivity index (χ0n) is 14.5. The number of carbonyl (C=O) groups excluding carboxylic acids is 1. The molecule has 0 spiro atoms.